The van der Waals surface area contributed by atoms with E-state index in [1.807, 2.05) is 25.1 Å². The molecule has 0 fully saturated rings. The molecule has 3 aromatic rings. The van der Waals surface area contributed by atoms with Gasteiger partial charge in [0.2, 0.25) is 0 Å². The molecule has 2 aromatic carbocycles. The smallest absolute Gasteiger partial charge is 0.126 e. The number of rotatable bonds is 2. The molecule has 18 heavy (non-hydrogen) atoms. The zero-order chi connectivity index (χ0) is 12.4. The van der Waals surface area contributed by atoms with E-state index in [1.54, 1.807) is 0 Å². The van der Waals surface area contributed by atoms with Crippen LogP contribution < -0.4 is 0 Å². The largest absolute Gasteiger partial charge is 0.233 e. The molecule has 1 heterocycles. The molecule has 0 amide bonds. The lowest BCUT2D eigenvalue weighted by Gasteiger charge is -2.06. The first kappa shape index (κ1) is 10.9. The highest BCUT2D eigenvalue weighted by atomic mass is 14.9. The van der Waals surface area contributed by atoms with Crippen molar-refractivity contribution in [1.29, 1.82) is 0 Å². The molecular weight excluding hydrogens is 220 g/mol. The van der Waals surface area contributed by atoms with Gasteiger partial charge in [-0.25, -0.2) is 9.97 Å². The fourth-order valence-electron chi connectivity index (χ4n) is 2.11. The zero-order valence-corrected chi connectivity index (χ0v) is 10.2. The quantitative estimate of drug-likeness (QED) is 0.678. The number of fused-ring (bicyclic) bond motifs is 1. The molecular formula is C16H13N2. The first-order valence-corrected chi connectivity index (χ1v) is 6.01. The molecule has 87 valence electrons. The second-order valence-electron chi connectivity index (χ2n) is 4.36. The standard InChI is InChI=1S/C16H13N2/c1-12-17-11-15-14(8-5-9-16(15)18-12)10-13-6-3-2-4-7-13/h2-9H,10H2,1H3. The molecule has 0 aliphatic rings. The van der Waals surface area contributed by atoms with Gasteiger partial charge in [0.15, 0.2) is 0 Å². The maximum absolute atomic E-state index is 4.44. The first-order valence-electron chi connectivity index (χ1n) is 6.01. The third kappa shape index (κ3) is 2.09. The highest BCUT2D eigenvalue weighted by Crippen LogP contribution is 2.19. The molecule has 3 rings (SSSR count). The van der Waals surface area contributed by atoms with Crippen molar-refractivity contribution in [3.8, 4) is 0 Å². The number of hydrogen-bond acceptors (Lipinski definition) is 2. The fraction of sp³-hybridized carbons (Fsp3) is 0.125. The van der Waals surface area contributed by atoms with E-state index in [1.165, 1.54) is 11.1 Å². The van der Waals surface area contributed by atoms with Gasteiger partial charge in [0, 0.05) is 5.39 Å². The second-order valence-corrected chi connectivity index (χ2v) is 4.36. The normalized spacial score (nSPS) is 10.7. The minimum absolute atomic E-state index is 0.763. The Balaban J connectivity index is 2.07. The third-order valence-electron chi connectivity index (χ3n) is 2.98. The molecule has 2 nitrogen and oxygen atoms in total. The van der Waals surface area contributed by atoms with Crippen molar-refractivity contribution < 1.29 is 0 Å². The van der Waals surface area contributed by atoms with Crippen LogP contribution in [-0.4, -0.2) is 9.97 Å². The first-order chi connectivity index (χ1) is 8.83. The predicted molar refractivity (Wildman–Crippen MR) is 72.4 cm³/mol. The number of aryl methyl sites for hydroxylation is 1. The van der Waals surface area contributed by atoms with Crippen LogP contribution in [0.3, 0.4) is 0 Å². The molecule has 1 aromatic heterocycles. The molecule has 0 saturated carbocycles. The van der Waals surface area contributed by atoms with E-state index in [2.05, 4.69) is 46.5 Å². The van der Waals surface area contributed by atoms with Gasteiger partial charge in [-0.05, 0) is 30.5 Å². The summed E-state index contributed by atoms with van der Waals surface area (Å²) in [5, 5.41) is 1.02. The van der Waals surface area contributed by atoms with Gasteiger partial charge in [0.05, 0.1) is 5.52 Å². The summed E-state index contributed by atoms with van der Waals surface area (Å²) in [6.45, 7) is 1.89. The van der Waals surface area contributed by atoms with Crippen LogP contribution in [-0.2, 0) is 6.42 Å². The number of nitrogens with zero attached hydrogens (tertiary/aromatic N) is 2. The van der Waals surface area contributed by atoms with Gasteiger partial charge in [-0.15, -0.1) is 0 Å². The number of aromatic nitrogens is 2. The maximum atomic E-state index is 4.44. The Morgan fingerprint density at radius 3 is 2.67 bits per heavy atom. The van der Waals surface area contributed by atoms with E-state index < -0.39 is 0 Å². The summed E-state index contributed by atoms with van der Waals surface area (Å²) in [5.74, 6) is 0.763. The minimum atomic E-state index is 0.763. The van der Waals surface area contributed by atoms with Crippen LogP contribution in [0.5, 0.6) is 0 Å². The molecule has 0 N–H and O–H groups in total. The molecule has 0 unspecified atom stereocenters. The Bertz CT molecular complexity index is 675. The molecule has 0 spiro atoms. The summed E-state index contributed by atoms with van der Waals surface area (Å²) in [5.41, 5.74) is 3.48. The fourth-order valence-corrected chi connectivity index (χ4v) is 2.11. The Labute approximate surface area is 106 Å². The van der Waals surface area contributed by atoms with Crippen LogP contribution in [0.1, 0.15) is 17.0 Å². The van der Waals surface area contributed by atoms with E-state index in [0.717, 1.165) is 23.1 Å². The molecule has 1 radical (unpaired) electrons. The Morgan fingerprint density at radius 1 is 1.00 bits per heavy atom. The van der Waals surface area contributed by atoms with Gasteiger partial charge in [0.25, 0.3) is 0 Å². The molecule has 0 atom stereocenters. The van der Waals surface area contributed by atoms with Crippen LogP contribution in [0.2, 0.25) is 0 Å². The average Bonchev–Trinajstić information content (AvgIpc) is 2.40. The van der Waals surface area contributed by atoms with Gasteiger partial charge in [-0.2, -0.15) is 0 Å². The van der Waals surface area contributed by atoms with E-state index in [0.29, 0.717) is 0 Å². The molecule has 0 aliphatic heterocycles. The SMILES string of the molecule is Cc1n[c]c2c(Cc3ccccc3)cccc2n1. The van der Waals surface area contributed by atoms with Crippen LogP contribution in [0.4, 0.5) is 0 Å². The monoisotopic (exact) mass is 233 g/mol. The summed E-state index contributed by atoms with van der Waals surface area (Å²) in [6.07, 6.45) is 3.99. The van der Waals surface area contributed by atoms with Crippen molar-refractivity contribution in [2.24, 2.45) is 0 Å². The lowest BCUT2D eigenvalue weighted by molar-refractivity contribution is 1.08. The van der Waals surface area contributed by atoms with Gasteiger partial charge in [-0.1, -0.05) is 42.5 Å². The Hall–Kier alpha value is -2.22. The van der Waals surface area contributed by atoms with Crippen LogP contribution in [0.15, 0.2) is 48.5 Å². The van der Waals surface area contributed by atoms with Crippen molar-refractivity contribution in [3.63, 3.8) is 0 Å². The summed E-state index contributed by atoms with van der Waals surface area (Å²) < 4.78 is 0. The van der Waals surface area contributed by atoms with Crippen LogP contribution in [0.25, 0.3) is 10.9 Å². The molecule has 0 saturated heterocycles. The highest BCUT2D eigenvalue weighted by Gasteiger charge is 2.04. The van der Waals surface area contributed by atoms with Crippen molar-refractivity contribution in [3.05, 3.63) is 71.7 Å². The number of benzene rings is 2. The van der Waals surface area contributed by atoms with E-state index in [4.69, 9.17) is 0 Å². The van der Waals surface area contributed by atoms with Crippen molar-refractivity contribution >= 4 is 10.9 Å². The Morgan fingerprint density at radius 2 is 1.83 bits per heavy atom. The van der Waals surface area contributed by atoms with Crippen molar-refractivity contribution in [1.82, 2.24) is 9.97 Å². The van der Waals surface area contributed by atoms with Gasteiger partial charge in [-0.3, -0.25) is 0 Å². The predicted octanol–water partition coefficient (Wildman–Crippen LogP) is 3.33. The topological polar surface area (TPSA) is 25.8 Å². The molecule has 2 heteroatoms. The minimum Gasteiger partial charge on any atom is -0.233 e. The lowest BCUT2D eigenvalue weighted by atomic mass is 10.0. The summed E-state index contributed by atoms with van der Waals surface area (Å²) >= 11 is 0. The number of hydrogen-bond donors (Lipinski definition) is 0. The summed E-state index contributed by atoms with van der Waals surface area (Å²) in [7, 11) is 0. The summed E-state index contributed by atoms with van der Waals surface area (Å²) in [6, 6.07) is 16.6. The van der Waals surface area contributed by atoms with E-state index in [9.17, 15) is 0 Å². The van der Waals surface area contributed by atoms with Gasteiger partial charge >= 0.3 is 0 Å². The lowest BCUT2D eigenvalue weighted by Crippen LogP contribution is -1.94. The van der Waals surface area contributed by atoms with Crippen LogP contribution >= 0.6 is 0 Å². The summed E-state index contributed by atoms with van der Waals surface area (Å²) in [4.78, 5) is 8.61. The van der Waals surface area contributed by atoms with Crippen molar-refractivity contribution in [2.75, 3.05) is 0 Å². The van der Waals surface area contributed by atoms with Crippen molar-refractivity contribution in [2.45, 2.75) is 13.3 Å². The molecule has 0 bridgehead atoms. The average molecular weight is 233 g/mol. The maximum Gasteiger partial charge on any atom is 0.126 e. The molecule has 0 aliphatic carbocycles. The van der Waals surface area contributed by atoms with Crippen LogP contribution in [0, 0.1) is 13.1 Å². The van der Waals surface area contributed by atoms with Gasteiger partial charge < -0.3 is 0 Å². The van der Waals surface area contributed by atoms with E-state index in [-0.39, 0.29) is 0 Å². The van der Waals surface area contributed by atoms with E-state index >= 15 is 0 Å². The second kappa shape index (κ2) is 4.57. The van der Waals surface area contributed by atoms with Gasteiger partial charge in [0.1, 0.15) is 12.0 Å². The third-order valence-corrected chi connectivity index (χ3v) is 2.98. The zero-order valence-electron chi connectivity index (χ0n) is 10.2. The Kier molecular flexibility index (Phi) is 2.77. The highest BCUT2D eigenvalue weighted by molar-refractivity contribution is 5.81.